The van der Waals surface area contributed by atoms with Crippen LogP contribution in [0.25, 0.3) is 10.8 Å². The number of nitrogens with zero attached hydrogens (tertiary/aromatic N) is 4. The Kier molecular flexibility index (Phi) is 6.07. The second-order valence-corrected chi connectivity index (χ2v) is 7.33. The summed E-state index contributed by atoms with van der Waals surface area (Å²) in [7, 11) is 1.78. The van der Waals surface area contributed by atoms with Gasteiger partial charge in [0.05, 0.1) is 17.3 Å². The number of carbonyl (C=O) groups excluding carboxylic acids is 2. The smallest absolute Gasteiger partial charge is 0.272 e. The van der Waals surface area contributed by atoms with E-state index in [4.69, 9.17) is 0 Å². The molecule has 166 valence electrons. The number of hydrazone groups is 1. The average molecular weight is 443 g/mol. The molecular formula is C23H21N7O3. The maximum absolute atomic E-state index is 13.1. The van der Waals surface area contributed by atoms with Crippen molar-refractivity contribution in [2.24, 2.45) is 12.1 Å². The highest BCUT2D eigenvalue weighted by atomic mass is 16.2. The Bertz CT molecular complexity index is 1410. The van der Waals surface area contributed by atoms with Gasteiger partial charge in [0.15, 0.2) is 6.04 Å². The molecule has 2 amide bonds. The molecular weight excluding hydrogens is 422 g/mol. The number of benzene rings is 2. The number of nitrogens with one attached hydrogen (secondary N) is 3. The predicted molar refractivity (Wildman–Crippen MR) is 123 cm³/mol. The van der Waals surface area contributed by atoms with Crippen LogP contribution in [-0.2, 0) is 11.8 Å². The summed E-state index contributed by atoms with van der Waals surface area (Å²) < 4.78 is 1.64. The first-order chi connectivity index (χ1) is 15.9. The van der Waals surface area contributed by atoms with Gasteiger partial charge in [0.25, 0.3) is 17.4 Å². The van der Waals surface area contributed by atoms with Crippen LogP contribution in [0, 0.1) is 6.92 Å². The zero-order valence-electron chi connectivity index (χ0n) is 17.9. The van der Waals surface area contributed by atoms with E-state index in [9.17, 15) is 14.4 Å². The standard InChI is InChI=1S/C23H21N7O3/c1-14-16(13-30(2)29-14)12-24-27-23(33)20(25-21(31)15-8-4-3-5-9-15)19-17-10-6-7-11-18(17)22(32)28-26-19/h3-13,20H,1-2H3,(H,25,31)(H,27,33)(H,28,32)/b24-12+. The second-order valence-electron chi connectivity index (χ2n) is 7.33. The number of H-pyrrole nitrogens is 1. The van der Waals surface area contributed by atoms with Gasteiger partial charge in [0, 0.05) is 29.8 Å². The van der Waals surface area contributed by atoms with Crippen LogP contribution in [0.4, 0.5) is 0 Å². The molecule has 3 N–H and O–H groups in total. The fourth-order valence-corrected chi connectivity index (χ4v) is 3.39. The van der Waals surface area contributed by atoms with E-state index in [1.807, 2.05) is 6.92 Å². The summed E-state index contributed by atoms with van der Waals surface area (Å²) in [6.45, 7) is 1.82. The molecule has 0 aliphatic carbocycles. The summed E-state index contributed by atoms with van der Waals surface area (Å²) in [5, 5.41) is 18.2. The summed E-state index contributed by atoms with van der Waals surface area (Å²) >= 11 is 0. The summed E-state index contributed by atoms with van der Waals surface area (Å²) in [6, 6.07) is 14.0. The van der Waals surface area contributed by atoms with Crippen LogP contribution in [0.3, 0.4) is 0 Å². The predicted octanol–water partition coefficient (Wildman–Crippen LogP) is 1.59. The lowest BCUT2D eigenvalue weighted by Gasteiger charge is -2.18. The van der Waals surface area contributed by atoms with E-state index in [-0.39, 0.29) is 5.69 Å². The number of rotatable bonds is 6. The fourth-order valence-electron chi connectivity index (χ4n) is 3.39. The third-order valence-corrected chi connectivity index (χ3v) is 5.00. The third kappa shape index (κ3) is 4.69. The van der Waals surface area contributed by atoms with Gasteiger partial charge in [-0.3, -0.25) is 19.1 Å². The van der Waals surface area contributed by atoms with Gasteiger partial charge in [0.1, 0.15) is 5.69 Å². The average Bonchev–Trinajstić information content (AvgIpc) is 3.15. The molecule has 0 spiro atoms. The van der Waals surface area contributed by atoms with E-state index < -0.39 is 23.4 Å². The first-order valence-corrected chi connectivity index (χ1v) is 10.1. The molecule has 4 rings (SSSR count). The van der Waals surface area contributed by atoms with Crippen LogP contribution in [0.15, 0.2) is 70.7 Å². The highest BCUT2D eigenvalue weighted by molar-refractivity contribution is 5.99. The van der Waals surface area contributed by atoms with Crippen molar-refractivity contribution in [3.05, 3.63) is 93.7 Å². The van der Waals surface area contributed by atoms with Crippen molar-refractivity contribution >= 4 is 28.8 Å². The van der Waals surface area contributed by atoms with E-state index in [0.717, 1.165) is 11.3 Å². The molecule has 0 radical (unpaired) electrons. The van der Waals surface area contributed by atoms with Crippen molar-refractivity contribution in [3.8, 4) is 0 Å². The second kappa shape index (κ2) is 9.27. The molecule has 0 bridgehead atoms. The molecule has 0 aliphatic heterocycles. The van der Waals surface area contributed by atoms with Crippen molar-refractivity contribution in [2.75, 3.05) is 0 Å². The zero-order valence-corrected chi connectivity index (χ0v) is 17.9. The molecule has 0 saturated carbocycles. The Hall–Kier alpha value is -4.60. The molecule has 4 aromatic rings. The van der Waals surface area contributed by atoms with Crippen LogP contribution < -0.4 is 16.3 Å². The van der Waals surface area contributed by atoms with Gasteiger partial charge >= 0.3 is 0 Å². The molecule has 2 heterocycles. The number of hydrogen-bond acceptors (Lipinski definition) is 6. The van der Waals surface area contributed by atoms with Crippen LogP contribution >= 0.6 is 0 Å². The lowest BCUT2D eigenvalue weighted by atomic mass is 10.0. The number of aromatic amines is 1. The highest BCUT2D eigenvalue weighted by Crippen LogP contribution is 2.20. The van der Waals surface area contributed by atoms with Crippen molar-refractivity contribution in [1.29, 1.82) is 0 Å². The Labute approximate surface area is 188 Å². The largest absolute Gasteiger partial charge is 0.335 e. The van der Waals surface area contributed by atoms with Gasteiger partial charge in [-0.1, -0.05) is 36.4 Å². The monoisotopic (exact) mass is 443 g/mol. The molecule has 2 aromatic carbocycles. The Balaban J connectivity index is 1.68. The van der Waals surface area contributed by atoms with Crippen LogP contribution in [0.5, 0.6) is 0 Å². The highest BCUT2D eigenvalue weighted by Gasteiger charge is 2.27. The maximum atomic E-state index is 13.1. The van der Waals surface area contributed by atoms with E-state index in [1.54, 1.807) is 72.5 Å². The minimum Gasteiger partial charge on any atom is -0.335 e. The lowest BCUT2D eigenvalue weighted by molar-refractivity contribution is -0.123. The Morgan fingerprint density at radius 2 is 1.79 bits per heavy atom. The van der Waals surface area contributed by atoms with E-state index in [0.29, 0.717) is 16.3 Å². The van der Waals surface area contributed by atoms with Crippen molar-refractivity contribution in [3.63, 3.8) is 0 Å². The van der Waals surface area contributed by atoms with Gasteiger partial charge in [-0.05, 0) is 25.1 Å². The normalized spacial score (nSPS) is 12.1. The molecule has 0 aliphatic rings. The molecule has 10 nitrogen and oxygen atoms in total. The number of aromatic nitrogens is 4. The van der Waals surface area contributed by atoms with Gasteiger partial charge in [-0.2, -0.15) is 15.3 Å². The molecule has 1 atom stereocenters. The minimum atomic E-state index is -1.22. The topological polar surface area (TPSA) is 134 Å². The van der Waals surface area contributed by atoms with Crippen molar-refractivity contribution in [2.45, 2.75) is 13.0 Å². The Morgan fingerprint density at radius 1 is 1.09 bits per heavy atom. The number of amides is 2. The lowest BCUT2D eigenvalue weighted by Crippen LogP contribution is -2.40. The molecule has 0 fully saturated rings. The first-order valence-electron chi connectivity index (χ1n) is 10.1. The summed E-state index contributed by atoms with van der Waals surface area (Å²) in [6.07, 6.45) is 3.23. The minimum absolute atomic E-state index is 0.194. The van der Waals surface area contributed by atoms with Crippen LogP contribution in [-0.4, -0.2) is 38.0 Å². The zero-order chi connectivity index (χ0) is 23.4. The maximum Gasteiger partial charge on any atom is 0.272 e. The van der Waals surface area contributed by atoms with Gasteiger partial charge in [0.2, 0.25) is 0 Å². The number of aryl methyl sites for hydroxylation is 2. The molecule has 10 heteroatoms. The number of carbonyl (C=O) groups is 2. The number of fused-ring (bicyclic) bond motifs is 1. The van der Waals surface area contributed by atoms with Gasteiger partial charge < -0.3 is 5.32 Å². The number of hydrogen-bond donors (Lipinski definition) is 3. The fraction of sp³-hybridized carbons (Fsp3) is 0.130. The molecule has 2 aromatic heterocycles. The molecule has 0 saturated heterocycles. The van der Waals surface area contributed by atoms with E-state index in [1.165, 1.54) is 6.21 Å². The quantitative estimate of drug-likeness (QED) is 0.307. The summed E-state index contributed by atoms with van der Waals surface area (Å²) in [5.74, 6) is -1.10. The van der Waals surface area contributed by atoms with Gasteiger partial charge in [-0.15, -0.1) is 0 Å². The van der Waals surface area contributed by atoms with Gasteiger partial charge in [-0.25, -0.2) is 10.5 Å². The summed E-state index contributed by atoms with van der Waals surface area (Å²) in [4.78, 5) is 38.2. The van der Waals surface area contributed by atoms with Crippen molar-refractivity contribution in [1.82, 2.24) is 30.7 Å². The van der Waals surface area contributed by atoms with Crippen LogP contribution in [0.1, 0.15) is 33.4 Å². The summed E-state index contributed by atoms with van der Waals surface area (Å²) in [5.41, 5.74) is 4.10. The van der Waals surface area contributed by atoms with E-state index in [2.05, 4.69) is 31.1 Å². The van der Waals surface area contributed by atoms with Crippen molar-refractivity contribution < 1.29 is 9.59 Å². The first kappa shape index (κ1) is 21.6. The van der Waals surface area contributed by atoms with E-state index >= 15 is 0 Å². The molecule has 1 unspecified atom stereocenters. The molecule has 33 heavy (non-hydrogen) atoms. The van der Waals surface area contributed by atoms with Crippen LogP contribution in [0.2, 0.25) is 0 Å². The Morgan fingerprint density at radius 3 is 2.48 bits per heavy atom. The third-order valence-electron chi connectivity index (χ3n) is 5.00. The SMILES string of the molecule is Cc1nn(C)cc1/C=N/NC(=O)C(NC(=O)c1ccccc1)c1n[nH]c(=O)c2ccccc12.